The van der Waals surface area contributed by atoms with Crippen molar-refractivity contribution in [3.05, 3.63) is 60.3 Å². The molecule has 0 spiro atoms. The maximum absolute atomic E-state index is 12.9. The Morgan fingerprint density at radius 1 is 1.18 bits per heavy atom. The number of aromatic nitrogens is 1. The monoisotopic (exact) mass is 446 g/mol. The Morgan fingerprint density at radius 2 is 2.00 bits per heavy atom. The second-order valence-corrected chi connectivity index (χ2v) is 8.70. The minimum atomic E-state index is -0.816. The fourth-order valence-corrected chi connectivity index (χ4v) is 4.72. The third-order valence-electron chi connectivity index (χ3n) is 6.36. The molecule has 1 aliphatic rings. The average Bonchev–Trinajstić information content (AvgIpc) is 2.82. The van der Waals surface area contributed by atoms with Gasteiger partial charge in [0.1, 0.15) is 5.75 Å². The van der Waals surface area contributed by atoms with Crippen LogP contribution in [-0.4, -0.2) is 46.1 Å². The number of aliphatic carboxylic acids is 1. The number of benzene rings is 2. The van der Waals surface area contributed by atoms with E-state index in [4.69, 9.17) is 9.84 Å². The molecule has 1 saturated heterocycles. The van der Waals surface area contributed by atoms with E-state index in [2.05, 4.69) is 30.1 Å². The third-order valence-corrected chi connectivity index (χ3v) is 6.36. The first kappa shape index (κ1) is 22.8. The molecule has 1 aromatic heterocycles. The number of hydrogen-bond donors (Lipinski definition) is 1. The van der Waals surface area contributed by atoms with Gasteiger partial charge in [0.25, 0.3) is 5.91 Å². The van der Waals surface area contributed by atoms with Crippen molar-refractivity contribution in [1.29, 1.82) is 0 Å². The van der Waals surface area contributed by atoms with Crippen LogP contribution in [0, 0.1) is 5.92 Å². The van der Waals surface area contributed by atoms with E-state index in [0.29, 0.717) is 18.8 Å². The van der Waals surface area contributed by atoms with Gasteiger partial charge in [-0.2, -0.15) is 0 Å². The first-order chi connectivity index (χ1) is 16.0. The van der Waals surface area contributed by atoms with E-state index < -0.39 is 12.1 Å². The molecule has 6 nitrogen and oxygen atoms in total. The first-order valence-electron chi connectivity index (χ1n) is 11.6. The molecule has 1 N–H and O–H groups in total. The first-order valence-corrected chi connectivity index (χ1v) is 11.6. The van der Waals surface area contributed by atoms with Crippen LogP contribution in [0.3, 0.4) is 0 Å². The molecule has 0 saturated carbocycles. The van der Waals surface area contributed by atoms with Crippen molar-refractivity contribution in [3.63, 3.8) is 0 Å². The largest absolute Gasteiger partial charge is 0.481 e. The molecule has 2 unspecified atom stereocenters. The van der Waals surface area contributed by atoms with Gasteiger partial charge in [0.2, 0.25) is 0 Å². The Bertz CT molecular complexity index is 1160. The molecule has 33 heavy (non-hydrogen) atoms. The van der Waals surface area contributed by atoms with E-state index in [0.717, 1.165) is 35.7 Å². The second-order valence-electron chi connectivity index (χ2n) is 8.70. The summed E-state index contributed by atoms with van der Waals surface area (Å²) in [5.74, 6) is -0.329. The van der Waals surface area contributed by atoms with Crippen molar-refractivity contribution in [2.75, 3.05) is 13.1 Å². The van der Waals surface area contributed by atoms with Gasteiger partial charge < -0.3 is 14.7 Å². The number of aryl methyl sites for hydroxylation is 1. The lowest BCUT2D eigenvalue weighted by Gasteiger charge is -2.33. The molecule has 3 aromatic rings. The van der Waals surface area contributed by atoms with E-state index in [9.17, 15) is 9.59 Å². The van der Waals surface area contributed by atoms with E-state index >= 15 is 0 Å². The molecule has 1 amide bonds. The lowest BCUT2D eigenvalue weighted by Crippen LogP contribution is -2.46. The minimum Gasteiger partial charge on any atom is -0.481 e. The van der Waals surface area contributed by atoms with Gasteiger partial charge in [-0.15, -0.1) is 0 Å². The number of rotatable bonds is 7. The smallest absolute Gasteiger partial charge is 0.303 e. The molecule has 1 aliphatic heterocycles. The highest BCUT2D eigenvalue weighted by atomic mass is 16.5. The summed E-state index contributed by atoms with van der Waals surface area (Å²) in [7, 11) is 0. The van der Waals surface area contributed by atoms with Gasteiger partial charge in [-0.1, -0.05) is 31.2 Å². The van der Waals surface area contributed by atoms with E-state index in [1.54, 1.807) is 18.0 Å². The number of carbonyl (C=O) groups excluding carboxylic acids is 1. The van der Waals surface area contributed by atoms with Crippen LogP contribution in [0.25, 0.3) is 22.0 Å². The molecular formula is C27H30N2O4. The summed E-state index contributed by atoms with van der Waals surface area (Å²) in [5, 5.41) is 10.1. The predicted octanol–water partition coefficient (Wildman–Crippen LogP) is 4.94. The van der Waals surface area contributed by atoms with E-state index in [-0.39, 0.29) is 18.2 Å². The quantitative estimate of drug-likeness (QED) is 0.556. The van der Waals surface area contributed by atoms with Gasteiger partial charge in [0.05, 0.1) is 5.52 Å². The summed E-state index contributed by atoms with van der Waals surface area (Å²) in [6.45, 7) is 5.01. The topological polar surface area (TPSA) is 79.7 Å². The molecule has 2 aromatic carbocycles. The summed E-state index contributed by atoms with van der Waals surface area (Å²) in [5.41, 5.74) is 4.43. The van der Waals surface area contributed by atoms with Crippen LogP contribution >= 0.6 is 0 Å². The lowest BCUT2D eigenvalue weighted by molar-refractivity contribution is -0.143. The van der Waals surface area contributed by atoms with Gasteiger partial charge in [-0.25, -0.2) is 0 Å². The van der Waals surface area contributed by atoms with Crippen LogP contribution in [0.1, 0.15) is 38.7 Å². The Kier molecular flexibility index (Phi) is 6.92. The fourth-order valence-electron chi connectivity index (χ4n) is 4.72. The fraction of sp³-hybridized carbons (Fsp3) is 0.370. The number of carboxylic acids is 1. The van der Waals surface area contributed by atoms with Crippen LogP contribution in [-0.2, 0) is 16.0 Å². The van der Waals surface area contributed by atoms with Gasteiger partial charge in [-0.05, 0) is 67.0 Å². The van der Waals surface area contributed by atoms with Crippen molar-refractivity contribution in [2.24, 2.45) is 5.92 Å². The molecule has 2 heterocycles. The van der Waals surface area contributed by atoms with Crippen LogP contribution < -0.4 is 4.74 Å². The third kappa shape index (κ3) is 5.16. The Balaban J connectivity index is 1.51. The van der Waals surface area contributed by atoms with Crippen molar-refractivity contribution < 1.29 is 19.4 Å². The van der Waals surface area contributed by atoms with Crippen LogP contribution in [0.5, 0.6) is 5.75 Å². The zero-order chi connectivity index (χ0) is 23.4. The number of hydrogen-bond acceptors (Lipinski definition) is 4. The number of piperidine rings is 1. The van der Waals surface area contributed by atoms with Crippen molar-refractivity contribution in [2.45, 2.75) is 45.6 Å². The SMILES string of the molecule is CCc1ccccc1-c1ccnc2cc(OC(C)C(=O)N3CCCC(CC(=O)O)C3)ccc12. The van der Waals surface area contributed by atoms with Crippen LogP contribution in [0.2, 0.25) is 0 Å². The Morgan fingerprint density at radius 3 is 2.79 bits per heavy atom. The normalized spacial score (nSPS) is 17.0. The molecule has 0 aliphatic carbocycles. The van der Waals surface area contributed by atoms with Crippen molar-refractivity contribution >= 4 is 22.8 Å². The minimum absolute atomic E-state index is 0.00156. The Hall–Kier alpha value is -3.41. The maximum Gasteiger partial charge on any atom is 0.303 e. The number of carbonyl (C=O) groups is 2. The summed E-state index contributed by atoms with van der Waals surface area (Å²) in [6, 6.07) is 16.2. The zero-order valence-corrected chi connectivity index (χ0v) is 19.2. The highest BCUT2D eigenvalue weighted by Crippen LogP contribution is 2.32. The number of nitrogens with zero attached hydrogens (tertiary/aromatic N) is 2. The van der Waals surface area contributed by atoms with E-state index in [1.807, 2.05) is 30.3 Å². The summed E-state index contributed by atoms with van der Waals surface area (Å²) < 4.78 is 6.00. The van der Waals surface area contributed by atoms with Crippen molar-refractivity contribution in [1.82, 2.24) is 9.88 Å². The Labute approximate surface area is 194 Å². The molecule has 172 valence electrons. The van der Waals surface area contributed by atoms with Crippen LogP contribution in [0.4, 0.5) is 0 Å². The second kappa shape index (κ2) is 10.0. The molecule has 2 atom stereocenters. The number of fused-ring (bicyclic) bond motifs is 1. The van der Waals surface area contributed by atoms with Gasteiger partial charge in [0.15, 0.2) is 6.10 Å². The number of pyridine rings is 1. The zero-order valence-electron chi connectivity index (χ0n) is 19.2. The van der Waals surface area contributed by atoms with Crippen molar-refractivity contribution in [3.8, 4) is 16.9 Å². The van der Waals surface area contributed by atoms with Gasteiger partial charge in [0, 0.05) is 37.2 Å². The summed E-state index contributed by atoms with van der Waals surface area (Å²) >= 11 is 0. The number of amides is 1. The number of ether oxygens (including phenoxy) is 1. The summed E-state index contributed by atoms with van der Waals surface area (Å²) in [6.07, 6.45) is 3.85. The average molecular weight is 447 g/mol. The molecule has 1 fully saturated rings. The van der Waals surface area contributed by atoms with Gasteiger partial charge in [-0.3, -0.25) is 14.6 Å². The standard InChI is InChI=1S/C27H30N2O4/c1-3-20-8-4-5-9-22(20)23-12-13-28-25-16-21(10-11-24(23)25)33-18(2)27(32)29-14-6-7-19(17-29)15-26(30)31/h4-5,8-13,16,18-19H,3,6-7,14-15,17H2,1-2H3,(H,30,31). The van der Waals surface area contributed by atoms with Crippen LogP contribution in [0.15, 0.2) is 54.7 Å². The number of likely N-dealkylation sites (tertiary alicyclic amines) is 1. The molecular weight excluding hydrogens is 416 g/mol. The van der Waals surface area contributed by atoms with Gasteiger partial charge >= 0.3 is 5.97 Å². The number of carboxylic acid groups (broad SMARTS) is 1. The predicted molar refractivity (Wildman–Crippen MR) is 128 cm³/mol. The van der Waals surface area contributed by atoms with E-state index in [1.165, 1.54) is 11.1 Å². The molecule has 0 bridgehead atoms. The highest BCUT2D eigenvalue weighted by molar-refractivity contribution is 5.95. The summed E-state index contributed by atoms with van der Waals surface area (Å²) in [4.78, 5) is 30.3. The molecule has 4 rings (SSSR count). The maximum atomic E-state index is 12.9. The highest BCUT2D eigenvalue weighted by Gasteiger charge is 2.29. The molecule has 0 radical (unpaired) electrons. The molecule has 6 heteroatoms. The lowest BCUT2D eigenvalue weighted by atomic mass is 9.94.